The first kappa shape index (κ1) is 19.7. The van der Waals surface area contributed by atoms with Crippen LogP contribution in [0.1, 0.15) is 23.0 Å². The van der Waals surface area contributed by atoms with Crippen molar-refractivity contribution in [1.82, 2.24) is 14.8 Å². The van der Waals surface area contributed by atoms with Crippen molar-refractivity contribution in [1.29, 1.82) is 0 Å². The van der Waals surface area contributed by atoms with Gasteiger partial charge in [-0.1, -0.05) is 0 Å². The zero-order valence-corrected chi connectivity index (χ0v) is 16.6. The molecule has 0 bridgehead atoms. The zero-order valence-electron chi connectivity index (χ0n) is 15.8. The summed E-state index contributed by atoms with van der Waals surface area (Å²) in [6.07, 6.45) is 1.27. The fraction of sp³-hybridized carbons (Fsp3) is 0.278. The van der Waals surface area contributed by atoms with Crippen LogP contribution in [0.3, 0.4) is 0 Å². The summed E-state index contributed by atoms with van der Waals surface area (Å²) in [5, 5.41) is 4.69. The number of hydrogen-bond acceptors (Lipinski definition) is 6. The molecule has 0 spiro atoms. The van der Waals surface area contributed by atoms with E-state index < -0.39 is 21.8 Å². The first-order valence-electron chi connectivity index (χ1n) is 8.42. The lowest BCUT2D eigenvalue weighted by atomic mass is 10.1. The van der Waals surface area contributed by atoms with Crippen LogP contribution in [-0.2, 0) is 21.8 Å². The van der Waals surface area contributed by atoms with E-state index in [0.717, 1.165) is 16.4 Å². The Morgan fingerprint density at radius 2 is 1.93 bits per heavy atom. The Morgan fingerprint density at radius 3 is 2.54 bits per heavy atom. The fourth-order valence-corrected chi connectivity index (χ4v) is 4.19. The number of benzene rings is 1. The van der Waals surface area contributed by atoms with Gasteiger partial charge in [-0.2, -0.15) is 5.10 Å². The third kappa shape index (κ3) is 3.19. The van der Waals surface area contributed by atoms with Crippen LogP contribution in [0.25, 0.3) is 11.0 Å². The highest BCUT2D eigenvalue weighted by molar-refractivity contribution is 7.92. The highest BCUT2D eigenvalue weighted by atomic mass is 32.2. The molecular formula is C18H19FN4O4S. The maximum absolute atomic E-state index is 13.2. The molecule has 2 aromatic heterocycles. The van der Waals surface area contributed by atoms with Crippen molar-refractivity contribution in [3.63, 3.8) is 0 Å². The van der Waals surface area contributed by atoms with Crippen molar-refractivity contribution < 1.29 is 22.3 Å². The van der Waals surface area contributed by atoms with Crippen molar-refractivity contribution in [2.45, 2.75) is 18.7 Å². The Hall–Kier alpha value is -3.01. The SMILES string of the molecule is CCOC(=O)c1cnc2c(c(C)nn2C)c1N(C)S(=O)(=O)c1ccc(F)cc1. The Kier molecular flexibility index (Phi) is 5.07. The van der Waals surface area contributed by atoms with E-state index in [1.54, 1.807) is 20.9 Å². The molecule has 0 N–H and O–H groups in total. The predicted octanol–water partition coefficient (Wildman–Crippen LogP) is 2.42. The number of hydrogen-bond donors (Lipinski definition) is 0. The third-order valence-corrected chi connectivity index (χ3v) is 6.05. The van der Waals surface area contributed by atoms with Gasteiger partial charge in [-0.25, -0.2) is 22.6 Å². The molecule has 3 aromatic rings. The number of carbonyl (C=O) groups excluding carboxylic acids is 1. The Balaban J connectivity index is 2.28. The van der Waals surface area contributed by atoms with Crippen molar-refractivity contribution in [2.24, 2.45) is 7.05 Å². The van der Waals surface area contributed by atoms with Crippen LogP contribution in [0.15, 0.2) is 35.4 Å². The zero-order chi connectivity index (χ0) is 20.6. The summed E-state index contributed by atoms with van der Waals surface area (Å²) in [4.78, 5) is 16.6. The maximum Gasteiger partial charge on any atom is 0.341 e. The van der Waals surface area contributed by atoms with E-state index >= 15 is 0 Å². The number of nitrogens with zero attached hydrogens (tertiary/aromatic N) is 4. The summed E-state index contributed by atoms with van der Waals surface area (Å²) in [7, 11) is -1.09. The molecule has 0 fully saturated rings. The van der Waals surface area contributed by atoms with Gasteiger partial charge in [-0.15, -0.1) is 0 Å². The molecule has 1 aromatic carbocycles. The molecule has 0 unspecified atom stereocenters. The van der Waals surface area contributed by atoms with Crippen LogP contribution in [0.2, 0.25) is 0 Å². The molecule has 0 atom stereocenters. The number of anilines is 1. The number of esters is 1. The minimum Gasteiger partial charge on any atom is -0.462 e. The molecular weight excluding hydrogens is 387 g/mol. The molecule has 2 heterocycles. The molecule has 0 aliphatic heterocycles. The first-order valence-corrected chi connectivity index (χ1v) is 9.86. The molecule has 0 aliphatic carbocycles. The van der Waals surface area contributed by atoms with Gasteiger partial charge < -0.3 is 4.74 Å². The Bertz CT molecular complexity index is 1160. The normalized spacial score (nSPS) is 11.6. The van der Waals surface area contributed by atoms with Gasteiger partial charge in [-0.3, -0.25) is 8.99 Å². The van der Waals surface area contributed by atoms with Gasteiger partial charge in [0.25, 0.3) is 10.0 Å². The van der Waals surface area contributed by atoms with Crippen LogP contribution < -0.4 is 4.31 Å². The van der Waals surface area contributed by atoms with Crippen LogP contribution in [0.5, 0.6) is 0 Å². The van der Waals surface area contributed by atoms with Crippen molar-refractivity contribution in [2.75, 3.05) is 18.0 Å². The second-order valence-electron chi connectivity index (χ2n) is 6.08. The van der Waals surface area contributed by atoms with Crippen LogP contribution in [-0.4, -0.2) is 42.8 Å². The van der Waals surface area contributed by atoms with Gasteiger partial charge >= 0.3 is 5.97 Å². The van der Waals surface area contributed by atoms with E-state index in [-0.39, 0.29) is 22.8 Å². The summed E-state index contributed by atoms with van der Waals surface area (Å²) in [6, 6.07) is 4.45. The second-order valence-corrected chi connectivity index (χ2v) is 8.04. The Morgan fingerprint density at radius 1 is 1.29 bits per heavy atom. The summed E-state index contributed by atoms with van der Waals surface area (Å²) in [6.45, 7) is 3.47. The number of ether oxygens (including phenoxy) is 1. The van der Waals surface area contributed by atoms with Crippen LogP contribution >= 0.6 is 0 Å². The van der Waals surface area contributed by atoms with E-state index in [2.05, 4.69) is 10.1 Å². The fourth-order valence-electron chi connectivity index (χ4n) is 2.96. The molecule has 28 heavy (non-hydrogen) atoms. The smallest absolute Gasteiger partial charge is 0.341 e. The van der Waals surface area contributed by atoms with E-state index in [1.807, 2.05) is 0 Å². The lowest BCUT2D eigenvalue weighted by molar-refractivity contribution is 0.0527. The number of sulfonamides is 1. The Labute approximate surface area is 161 Å². The molecule has 10 heteroatoms. The molecule has 3 rings (SSSR count). The van der Waals surface area contributed by atoms with E-state index in [9.17, 15) is 17.6 Å². The van der Waals surface area contributed by atoms with Crippen LogP contribution in [0.4, 0.5) is 10.1 Å². The second kappa shape index (κ2) is 7.19. The van der Waals surface area contributed by atoms with Gasteiger partial charge in [0, 0.05) is 20.3 Å². The van der Waals surface area contributed by atoms with Crippen molar-refractivity contribution in [3.05, 3.63) is 47.5 Å². The molecule has 8 nitrogen and oxygen atoms in total. The van der Waals surface area contributed by atoms with Crippen LogP contribution in [0, 0.1) is 12.7 Å². The number of aromatic nitrogens is 3. The van der Waals surface area contributed by atoms with Crippen molar-refractivity contribution in [3.8, 4) is 0 Å². The summed E-state index contributed by atoms with van der Waals surface area (Å²) < 4.78 is 47.1. The molecule has 0 amide bonds. The average molecular weight is 406 g/mol. The third-order valence-electron chi connectivity index (χ3n) is 4.28. The molecule has 0 saturated heterocycles. The van der Waals surface area contributed by atoms with Gasteiger partial charge in [-0.05, 0) is 38.1 Å². The van der Waals surface area contributed by atoms with Gasteiger partial charge in [0.15, 0.2) is 5.65 Å². The largest absolute Gasteiger partial charge is 0.462 e. The predicted molar refractivity (Wildman–Crippen MR) is 101 cm³/mol. The number of rotatable bonds is 5. The monoisotopic (exact) mass is 406 g/mol. The summed E-state index contributed by atoms with van der Waals surface area (Å²) in [5.74, 6) is -1.25. The number of carbonyl (C=O) groups is 1. The molecule has 148 valence electrons. The van der Waals surface area contributed by atoms with E-state index in [1.165, 1.54) is 30.1 Å². The lowest BCUT2D eigenvalue weighted by Gasteiger charge is -2.22. The molecule has 0 aliphatic rings. The average Bonchev–Trinajstić information content (AvgIpc) is 2.95. The minimum absolute atomic E-state index is 0.00126. The summed E-state index contributed by atoms with van der Waals surface area (Å²) >= 11 is 0. The van der Waals surface area contributed by atoms with E-state index in [4.69, 9.17) is 4.74 Å². The highest BCUT2D eigenvalue weighted by Gasteiger charge is 2.30. The quantitative estimate of drug-likeness (QED) is 0.604. The van der Waals surface area contributed by atoms with Gasteiger partial charge in [0.1, 0.15) is 11.4 Å². The number of fused-ring (bicyclic) bond motifs is 1. The first-order chi connectivity index (χ1) is 13.2. The number of halogens is 1. The van der Waals surface area contributed by atoms with E-state index in [0.29, 0.717) is 16.7 Å². The maximum atomic E-state index is 13.2. The standard InChI is InChI=1S/C18H19FN4O4S/c1-5-27-18(24)14-10-20-17-15(11(2)21-22(17)3)16(14)23(4)28(25,26)13-8-6-12(19)7-9-13/h6-10H,5H2,1-4H3. The molecule has 0 saturated carbocycles. The number of aryl methyl sites for hydroxylation is 2. The van der Waals surface area contributed by atoms with Gasteiger partial charge in [0.05, 0.1) is 28.3 Å². The highest BCUT2D eigenvalue weighted by Crippen LogP contribution is 2.34. The topological polar surface area (TPSA) is 94.4 Å². The summed E-state index contributed by atoms with van der Waals surface area (Å²) in [5.41, 5.74) is 1.03. The number of pyridine rings is 1. The van der Waals surface area contributed by atoms with Gasteiger partial charge in [0.2, 0.25) is 0 Å². The lowest BCUT2D eigenvalue weighted by Crippen LogP contribution is -2.29. The molecule has 0 radical (unpaired) electrons. The van der Waals surface area contributed by atoms with Crippen molar-refractivity contribution >= 4 is 32.7 Å². The minimum atomic E-state index is -4.08.